The Morgan fingerprint density at radius 2 is 2.15 bits per heavy atom. The molecular formula is C7H12N2O3S. The van der Waals surface area contributed by atoms with Crippen molar-refractivity contribution in [3.8, 4) is 0 Å². The van der Waals surface area contributed by atoms with E-state index in [1.165, 1.54) is 18.7 Å². The number of hydrogen-bond donors (Lipinski definition) is 1. The summed E-state index contributed by atoms with van der Waals surface area (Å²) in [6.45, 7) is 1.30. The van der Waals surface area contributed by atoms with Gasteiger partial charge in [0.25, 0.3) is 0 Å². The standard InChI is InChI=1S/C7H12N2O3S/c1-5(10)8-6(3-4-13-2)7(11)9-12/h6H,3-4H2,1-2H3,(H,8,10). The van der Waals surface area contributed by atoms with Crippen molar-refractivity contribution in [1.82, 2.24) is 5.32 Å². The molecule has 0 rings (SSSR count). The van der Waals surface area contributed by atoms with Crippen LogP contribution in [-0.4, -0.2) is 29.9 Å². The van der Waals surface area contributed by atoms with E-state index >= 15 is 0 Å². The number of carbonyl (C=O) groups is 2. The van der Waals surface area contributed by atoms with Gasteiger partial charge in [-0.05, 0) is 18.4 Å². The van der Waals surface area contributed by atoms with E-state index in [0.29, 0.717) is 12.2 Å². The molecule has 0 heterocycles. The normalized spacial score (nSPS) is 11.8. The molecule has 0 fully saturated rings. The first kappa shape index (κ1) is 12.1. The monoisotopic (exact) mass is 204 g/mol. The molecular weight excluding hydrogens is 192 g/mol. The summed E-state index contributed by atoms with van der Waals surface area (Å²) in [5, 5.41) is 4.65. The number of thioether (sulfide) groups is 1. The van der Waals surface area contributed by atoms with Crippen molar-refractivity contribution >= 4 is 23.6 Å². The molecule has 6 heteroatoms. The quantitative estimate of drug-likeness (QED) is 0.663. The lowest BCUT2D eigenvalue weighted by Gasteiger charge is -2.11. The van der Waals surface area contributed by atoms with Gasteiger partial charge in [-0.15, -0.1) is 4.91 Å². The van der Waals surface area contributed by atoms with Crippen LogP contribution in [0.3, 0.4) is 0 Å². The summed E-state index contributed by atoms with van der Waals surface area (Å²) in [6.07, 6.45) is 2.31. The van der Waals surface area contributed by atoms with Crippen LogP contribution in [0.1, 0.15) is 13.3 Å². The summed E-state index contributed by atoms with van der Waals surface area (Å²) in [5.74, 6) is -0.445. The van der Waals surface area contributed by atoms with Crippen molar-refractivity contribution < 1.29 is 9.59 Å². The Bertz CT molecular complexity index is 208. The summed E-state index contributed by atoms with van der Waals surface area (Å²) in [7, 11) is 0. The van der Waals surface area contributed by atoms with Crippen LogP contribution in [-0.2, 0) is 9.59 Å². The van der Waals surface area contributed by atoms with Crippen molar-refractivity contribution in [3.05, 3.63) is 4.91 Å². The minimum Gasteiger partial charge on any atom is -0.344 e. The fourth-order valence-electron chi connectivity index (χ4n) is 0.802. The highest BCUT2D eigenvalue weighted by Crippen LogP contribution is 2.02. The van der Waals surface area contributed by atoms with E-state index in [4.69, 9.17) is 0 Å². The summed E-state index contributed by atoms with van der Waals surface area (Å²) in [6, 6.07) is -0.762. The fourth-order valence-corrected chi connectivity index (χ4v) is 1.27. The van der Waals surface area contributed by atoms with E-state index in [1.807, 2.05) is 6.26 Å². The van der Waals surface area contributed by atoms with Gasteiger partial charge in [0, 0.05) is 12.1 Å². The van der Waals surface area contributed by atoms with Crippen LogP contribution in [0.25, 0.3) is 0 Å². The zero-order valence-electron chi connectivity index (χ0n) is 7.57. The number of amides is 2. The Morgan fingerprint density at radius 3 is 2.54 bits per heavy atom. The van der Waals surface area contributed by atoms with E-state index in [0.717, 1.165) is 0 Å². The van der Waals surface area contributed by atoms with Crippen LogP contribution < -0.4 is 5.32 Å². The highest BCUT2D eigenvalue weighted by Gasteiger charge is 2.19. The third-order valence-electron chi connectivity index (χ3n) is 1.38. The van der Waals surface area contributed by atoms with E-state index in [1.54, 1.807) is 0 Å². The Kier molecular flexibility index (Phi) is 6.13. The predicted molar refractivity (Wildman–Crippen MR) is 51.4 cm³/mol. The van der Waals surface area contributed by atoms with Gasteiger partial charge in [0.1, 0.15) is 6.04 Å². The minimum atomic E-state index is -0.816. The lowest BCUT2D eigenvalue weighted by molar-refractivity contribution is -0.126. The van der Waals surface area contributed by atoms with Gasteiger partial charge in [0.2, 0.25) is 5.91 Å². The molecule has 5 nitrogen and oxygen atoms in total. The molecule has 1 unspecified atom stereocenters. The molecule has 0 aromatic rings. The molecule has 0 bridgehead atoms. The first-order valence-corrected chi connectivity index (χ1v) is 5.14. The SMILES string of the molecule is CSCCC(NC(C)=O)C(=O)N=O. The van der Waals surface area contributed by atoms with Gasteiger partial charge in [-0.1, -0.05) is 0 Å². The smallest absolute Gasteiger partial charge is 0.308 e. The van der Waals surface area contributed by atoms with Crippen molar-refractivity contribution in [3.63, 3.8) is 0 Å². The van der Waals surface area contributed by atoms with E-state index in [2.05, 4.69) is 10.5 Å². The molecule has 0 spiro atoms. The summed E-state index contributed by atoms with van der Waals surface area (Å²) >= 11 is 1.54. The van der Waals surface area contributed by atoms with Crippen molar-refractivity contribution in [2.75, 3.05) is 12.0 Å². The number of carbonyl (C=O) groups excluding carboxylic acids is 2. The Morgan fingerprint density at radius 1 is 1.54 bits per heavy atom. The number of nitrogens with zero attached hydrogens (tertiary/aromatic N) is 1. The first-order chi connectivity index (χ1) is 6.11. The molecule has 2 amide bonds. The highest BCUT2D eigenvalue weighted by molar-refractivity contribution is 7.98. The maximum atomic E-state index is 10.9. The van der Waals surface area contributed by atoms with Crippen LogP contribution in [0.2, 0.25) is 0 Å². The molecule has 0 saturated heterocycles. The summed E-state index contributed by atoms with van der Waals surface area (Å²) in [5.41, 5.74) is 0. The highest BCUT2D eigenvalue weighted by atomic mass is 32.2. The van der Waals surface area contributed by atoms with E-state index in [9.17, 15) is 14.5 Å². The Labute approximate surface area is 80.6 Å². The Hall–Kier alpha value is -0.910. The average Bonchev–Trinajstić information content (AvgIpc) is 2.10. The van der Waals surface area contributed by atoms with Crippen LogP contribution in [0.5, 0.6) is 0 Å². The number of nitroso groups, excluding NO2 is 1. The van der Waals surface area contributed by atoms with E-state index in [-0.39, 0.29) is 5.91 Å². The topological polar surface area (TPSA) is 75.6 Å². The van der Waals surface area contributed by atoms with Crippen LogP contribution in [0, 0.1) is 4.91 Å². The lowest BCUT2D eigenvalue weighted by atomic mass is 10.2. The maximum Gasteiger partial charge on any atom is 0.308 e. The third kappa shape index (κ3) is 5.35. The molecule has 13 heavy (non-hydrogen) atoms. The second-order valence-electron chi connectivity index (χ2n) is 2.46. The number of rotatable bonds is 5. The molecule has 74 valence electrons. The Balaban J connectivity index is 4.09. The van der Waals surface area contributed by atoms with Crippen molar-refractivity contribution in [2.24, 2.45) is 5.18 Å². The summed E-state index contributed by atoms with van der Waals surface area (Å²) < 4.78 is 0. The number of nitrogens with one attached hydrogen (secondary N) is 1. The molecule has 0 saturated carbocycles. The molecule has 0 aliphatic rings. The third-order valence-corrected chi connectivity index (χ3v) is 2.02. The summed E-state index contributed by atoms with van der Waals surface area (Å²) in [4.78, 5) is 31.4. The van der Waals surface area contributed by atoms with E-state index < -0.39 is 11.9 Å². The zero-order chi connectivity index (χ0) is 10.3. The van der Waals surface area contributed by atoms with Gasteiger partial charge in [-0.3, -0.25) is 9.59 Å². The zero-order valence-corrected chi connectivity index (χ0v) is 8.39. The van der Waals surface area contributed by atoms with Gasteiger partial charge < -0.3 is 5.32 Å². The van der Waals surface area contributed by atoms with Crippen LogP contribution in [0.15, 0.2) is 5.18 Å². The molecule has 0 aromatic heterocycles. The average molecular weight is 204 g/mol. The maximum absolute atomic E-state index is 10.9. The molecule has 1 atom stereocenters. The molecule has 0 aliphatic heterocycles. The minimum absolute atomic E-state index is 0.330. The van der Waals surface area contributed by atoms with Gasteiger partial charge in [-0.25, -0.2) is 0 Å². The van der Waals surface area contributed by atoms with Crippen molar-refractivity contribution in [2.45, 2.75) is 19.4 Å². The molecule has 1 N–H and O–H groups in total. The first-order valence-electron chi connectivity index (χ1n) is 3.75. The van der Waals surface area contributed by atoms with Crippen LogP contribution >= 0.6 is 11.8 Å². The lowest BCUT2D eigenvalue weighted by Crippen LogP contribution is -2.39. The second-order valence-corrected chi connectivity index (χ2v) is 3.45. The van der Waals surface area contributed by atoms with Gasteiger partial charge in [0.05, 0.1) is 0 Å². The molecule has 0 aromatic carbocycles. The van der Waals surface area contributed by atoms with Gasteiger partial charge in [0.15, 0.2) is 0 Å². The second kappa shape index (κ2) is 6.59. The van der Waals surface area contributed by atoms with Gasteiger partial charge in [-0.2, -0.15) is 11.8 Å². The van der Waals surface area contributed by atoms with Crippen molar-refractivity contribution in [1.29, 1.82) is 0 Å². The molecule has 0 aliphatic carbocycles. The largest absolute Gasteiger partial charge is 0.344 e. The number of hydrogen-bond acceptors (Lipinski definition) is 4. The van der Waals surface area contributed by atoms with Gasteiger partial charge >= 0.3 is 5.91 Å². The predicted octanol–water partition coefficient (Wildman–Crippen LogP) is 0.537. The molecule has 0 radical (unpaired) electrons. The fraction of sp³-hybridized carbons (Fsp3) is 0.714. The van der Waals surface area contributed by atoms with Crippen LogP contribution in [0.4, 0.5) is 0 Å².